The first-order valence-electron chi connectivity index (χ1n) is 9.09. The second-order valence-electron chi connectivity index (χ2n) is 7.35. The number of hydrogen-bond donors (Lipinski definition) is 3. The summed E-state index contributed by atoms with van der Waals surface area (Å²) in [6, 6.07) is -0.905. The first kappa shape index (κ1) is 38.5. The predicted octanol–water partition coefficient (Wildman–Crippen LogP) is 0.665. The molecule has 43 heavy (non-hydrogen) atoms. The van der Waals surface area contributed by atoms with E-state index in [2.05, 4.69) is 4.18 Å². The molecule has 1 unspecified atom stereocenters. The fourth-order valence-corrected chi connectivity index (χ4v) is 5.19. The van der Waals surface area contributed by atoms with Crippen LogP contribution < -0.4 is 8.65 Å². The lowest BCUT2D eigenvalue weighted by Crippen LogP contribution is -3.14. The molecule has 1 aromatic carbocycles. The third-order valence-corrected chi connectivity index (χ3v) is 9.22. The normalized spacial score (nSPS) is 16.1. The lowest BCUT2D eigenvalue weighted by molar-refractivity contribution is -0.612. The molecule has 0 spiro atoms. The van der Waals surface area contributed by atoms with Gasteiger partial charge in [-0.15, -0.1) is 0 Å². The highest BCUT2D eigenvalue weighted by atomic mass is 32.2. The molecular formula is C13H7F12NO13S4. The van der Waals surface area contributed by atoms with Gasteiger partial charge in [-0.2, -0.15) is 90.8 Å². The molecule has 0 aliphatic rings. The van der Waals surface area contributed by atoms with Crippen molar-refractivity contribution in [1.29, 1.82) is 0 Å². The van der Waals surface area contributed by atoms with Crippen LogP contribution in [0.15, 0.2) is 24.3 Å². The summed E-state index contributed by atoms with van der Waals surface area (Å²) in [5, 5.41) is -17.5. The number of benzene rings is 1. The summed E-state index contributed by atoms with van der Waals surface area (Å²) in [6.07, 6.45) is 0. The second kappa shape index (κ2) is 10.5. The minimum atomic E-state index is -7.87. The van der Waals surface area contributed by atoms with Gasteiger partial charge in [0.25, 0.3) is 0 Å². The second-order valence-corrected chi connectivity index (χ2v) is 13.8. The van der Waals surface area contributed by atoms with E-state index in [4.69, 9.17) is 9.11 Å². The summed E-state index contributed by atoms with van der Waals surface area (Å²) in [6.45, 7) is 0. The van der Waals surface area contributed by atoms with Crippen LogP contribution >= 0.6 is 0 Å². The SMILES string of the molecule is O=C(c1ccc(OS(=O)(=O)C(F)(F)C(F)(F)C(F)(F)S(=O)(=O)O)cc1)[NH+]([O-])S(=O)(=O)C(F)(F)C(F)(F)C(F)(F)S(=O)(=O)O. The molecule has 1 rings (SSSR count). The summed E-state index contributed by atoms with van der Waals surface area (Å²) in [5.74, 6) is -19.8. The Hall–Kier alpha value is -2.51. The Kier molecular flexibility index (Phi) is 9.44. The van der Waals surface area contributed by atoms with Crippen LogP contribution in [0.2, 0.25) is 0 Å². The van der Waals surface area contributed by atoms with E-state index in [1.54, 1.807) is 0 Å². The van der Waals surface area contributed by atoms with E-state index in [1.807, 2.05) is 0 Å². The van der Waals surface area contributed by atoms with Crippen LogP contribution in [-0.4, -0.2) is 81.5 Å². The average molecular weight is 741 g/mol. The lowest BCUT2D eigenvalue weighted by Gasteiger charge is -2.32. The number of sulfonamides is 1. The largest absolute Gasteiger partial charge is 0.610 e. The Balaban J connectivity index is 3.44. The molecule has 1 amide bonds. The monoisotopic (exact) mass is 741 g/mol. The minimum absolute atomic E-state index is 0.216. The van der Waals surface area contributed by atoms with Gasteiger partial charge < -0.3 is 9.39 Å². The summed E-state index contributed by atoms with van der Waals surface area (Å²) in [7, 11) is -30.3. The molecule has 0 aliphatic heterocycles. The molecule has 30 heteroatoms. The fraction of sp³-hybridized carbons (Fsp3) is 0.462. The van der Waals surface area contributed by atoms with Crippen LogP contribution in [0.1, 0.15) is 10.4 Å². The van der Waals surface area contributed by atoms with E-state index in [-0.39, 0.29) is 24.3 Å². The van der Waals surface area contributed by atoms with Gasteiger partial charge >= 0.3 is 79.1 Å². The molecule has 3 N–H and O–H groups in total. The smallest absolute Gasteiger partial charge is 0.465 e. The van der Waals surface area contributed by atoms with Gasteiger partial charge in [0.1, 0.15) is 5.75 Å². The van der Waals surface area contributed by atoms with Crippen LogP contribution in [0.4, 0.5) is 52.7 Å². The number of rotatable bonds is 12. The van der Waals surface area contributed by atoms with Crippen molar-refractivity contribution < 1.29 is 109 Å². The highest BCUT2D eigenvalue weighted by molar-refractivity contribution is 7.89. The number of carbonyl (C=O) groups excluding carboxylic acids is 1. The van der Waals surface area contributed by atoms with Gasteiger partial charge in [-0.3, -0.25) is 9.11 Å². The van der Waals surface area contributed by atoms with Crippen LogP contribution in [0, 0.1) is 5.21 Å². The van der Waals surface area contributed by atoms with E-state index in [0.29, 0.717) is 0 Å². The molecule has 0 heterocycles. The van der Waals surface area contributed by atoms with Crippen molar-refractivity contribution in [3.05, 3.63) is 35.0 Å². The van der Waals surface area contributed by atoms with E-state index >= 15 is 0 Å². The average Bonchev–Trinajstić information content (AvgIpc) is 2.81. The van der Waals surface area contributed by atoms with Crippen molar-refractivity contribution in [2.24, 2.45) is 0 Å². The number of halogens is 12. The maximum atomic E-state index is 13.9. The lowest BCUT2D eigenvalue weighted by atomic mass is 10.2. The van der Waals surface area contributed by atoms with E-state index in [1.165, 1.54) is 0 Å². The molecule has 0 saturated heterocycles. The molecule has 1 aromatic rings. The predicted molar refractivity (Wildman–Crippen MR) is 106 cm³/mol. The molecule has 0 fully saturated rings. The number of hydrogen-bond acceptors (Lipinski definition) is 11. The Morgan fingerprint density at radius 2 is 0.953 bits per heavy atom. The maximum absolute atomic E-state index is 13.9. The van der Waals surface area contributed by atoms with E-state index in [0.717, 1.165) is 0 Å². The zero-order chi connectivity index (χ0) is 34.8. The topological polar surface area (TPSA) is 231 Å². The minimum Gasteiger partial charge on any atom is -0.610 e. The molecule has 0 radical (unpaired) electrons. The Labute approximate surface area is 229 Å². The first-order valence-corrected chi connectivity index (χ1v) is 14.9. The van der Waals surface area contributed by atoms with Crippen molar-refractivity contribution in [3.63, 3.8) is 0 Å². The third kappa shape index (κ3) is 5.72. The first-order chi connectivity index (χ1) is 18.5. The number of carbonyl (C=O) groups is 1. The molecule has 0 aliphatic carbocycles. The number of hydroxylamine groups is 1. The Bertz CT molecular complexity index is 1710. The van der Waals surface area contributed by atoms with Gasteiger partial charge in [0.2, 0.25) is 0 Å². The van der Waals surface area contributed by atoms with Gasteiger partial charge in [-0.05, 0) is 24.3 Å². The molecule has 0 saturated carbocycles. The molecule has 250 valence electrons. The molecule has 14 nitrogen and oxygen atoms in total. The Morgan fingerprint density at radius 1 is 0.628 bits per heavy atom. The van der Waals surface area contributed by atoms with Crippen molar-refractivity contribution in [1.82, 2.24) is 0 Å². The zero-order valence-electron chi connectivity index (χ0n) is 18.9. The quantitative estimate of drug-likeness (QED) is 0.116. The number of quaternary nitrogens is 1. The summed E-state index contributed by atoms with van der Waals surface area (Å²) >= 11 is 0. The van der Waals surface area contributed by atoms with Crippen molar-refractivity contribution in [2.75, 3.05) is 0 Å². The van der Waals surface area contributed by atoms with Crippen molar-refractivity contribution >= 4 is 46.3 Å². The van der Waals surface area contributed by atoms with E-state index in [9.17, 15) is 96.4 Å². The fourth-order valence-electron chi connectivity index (χ4n) is 2.19. The molecular weight excluding hydrogens is 734 g/mol. The van der Waals surface area contributed by atoms with Gasteiger partial charge in [-0.1, -0.05) is 0 Å². The highest BCUT2D eigenvalue weighted by Crippen LogP contribution is 2.51. The van der Waals surface area contributed by atoms with Gasteiger partial charge in [-0.25, -0.2) is 4.79 Å². The van der Waals surface area contributed by atoms with Crippen LogP contribution in [-0.2, 0) is 40.4 Å². The maximum Gasteiger partial charge on any atom is 0.465 e. The number of amides is 1. The number of nitrogens with one attached hydrogen (secondary N) is 1. The number of alkyl halides is 12. The molecule has 0 bridgehead atoms. The summed E-state index contributed by atoms with van der Waals surface area (Å²) < 4.78 is 266. The molecule has 0 aromatic heterocycles. The van der Waals surface area contributed by atoms with Crippen LogP contribution in [0.5, 0.6) is 5.75 Å². The zero-order valence-corrected chi connectivity index (χ0v) is 22.1. The molecule has 1 atom stereocenters. The summed E-state index contributed by atoms with van der Waals surface area (Å²) in [4.78, 5) is 11.9. The highest BCUT2D eigenvalue weighted by Gasteiger charge is 2.85. The van der Waals surface area contributed by atoms with Crippen LogP contribution in [0.3, 0.4) is 0 Å². The van der Waals surface area contributed by atoms with Crippen molar-refractivity contribution in [3.8, 4) is 5.75 Å². The van der Waals surface area contributed by atoms with Gasteiger partial charge in [0.05, 0.1) is 5.56 Å². The summed E-state index contributed by atoms with van der Waals surface area (Å²) in [5.41, 5.74) is -1.67. The van der Waals surface area contributed by atoms with Gasteiger partial charge in [0.15, 0.2) is 0 Å². The van der Waals surface area contributed by atoms with Crippen molar-refractivity contribution in [2.45, 2.75) is 32.9 Å². The van der Waals surface area contributed by atoms with E-state index < -0.39 is 94.9 Å². The van der Waals surface area contributed by atoms with Crippen LogP contribution in [0.25, 0.3) is 0 Å². The Morgan fingerprint density at radius 3 is 1.28 bits per heavy atom. The standard InChI is InChI=1S/C13H7F12NO13S4/c14-8(15,11(20,21)41(31,32)33)10(18,19)40(29,30)26(28)7(27)5-1-3-6(4-2-5)39-43(37,38)13(24,25)9(16,17)12(22,23)42(34,35)36/h1-4,26H,(H,31,32,33)(H,34,35,36). The third-order valence-electron chi connectivity index (χ3n) is 4.51. The van der Waals surface area contributed by atoms with Gasteiger partial charge in [0, 0.05) is 0 Å².